The lowest BCUT2D eigenvalue weighted by Gasteiger charge is -2.08. The molecule has 0 saturated carbocycles. The summed E-state index contributed by atoms with van der Waals surface area (Å²) in [5.41, 5.74) is 5.04. The van der Waals surface area contributed by atoms with Crippen LogP contribution in [0.4, 0.5) is 5.13 Å². The minimum atomic E-state index is 0. The molecule has 0 radical (unpaired) electrons. The molecule has 2 heterocycles. The van der Waals surface area contributed by atoms with Crippen molar-refractivity contribution in [3.63, 3.8) is 0 Å². The van der Waals surface area contributed by atoms with Gasteiger partial charge in [-0.05, 0) is 55.8 Å². The third-order valence-corrected chi connectivity index (χ3v) is 5.50. The number of carbonyl (C=O) groups is 1. The number of aromatic nitrogens is 1. The molecule has 4 nitrogen and oxygen atoms in total. The molecule has 1 atom stereocenters. The Morgan fingerprint density at radius 2 is 2.17 bits per heavy atom. The van der Waals surface area contributed by atoms with Crippen molar-refractivity contribution in [1.82, 2.24) is 10.3 Å². The highest BCUT2D eigenvalue weighted by Crippen LogP contribution is 2.30. The second kappa shape index (κ2) is 7.64. The molecule has 4 rings (SSSR count). The van der Waals surface area contributed by atoms with Gasteiger partial charge in [0.2, 0.25) is 5.91 Å². The SMILES string of the molecule is Cl.O=C(CC1CCCN1)Nc1nc(-c2ccc3c(c2)CCC3)cs1. The highest BCUT2D eigenvalue weighted by molar-refractivity contribution is 7.14. The second-order valence-corrected chi connectivity index (χ2v) is 7.28. The minimum absolute atomic E-state index is 0. The van der Waals surface area contributed by atoms with Gasteiger partial charge in [-0.2, -0.15) is 0 Å². The van der Waals surface area contributed by atoms with E-state index in [1.54, 1.807) is 0 Å². The predicted molar refractivity (Wildman–Crippen MR) is 101 cm³/mol. The first-order valence-corrected chi connectivity index (χ1v) is 9.27. The Bertz CT molecular complexity index is 725. The minimum Gasteiger partial charge on any atom is -0.313 e. The summed E-state index contributed by atoms with van der Waals surface area (Å²) in [6, 6.07) is 6.95. The number of fused-ring (bicyclic) bond motifs is 1. The van der Waals surface area contributed by atoms with E-state index in [0.717, 1.165) is 30.6 Å². The summed E-state index contributed by atoms with van der Waals surface area (Å²) >= 11 is 1.50. The standard InChI is InChI=1S/C18H21N3OS.ClH/c22-17(10-15-5-2-8-19-15)21-18-20-16(11-23-18)14-7-6-12-3-1-4-13(12)9-14;/h6-7,9,11,15,19H,1-5,8,10H2,(H,20,21,22);1H. The van der Waals surface area contributed by atoms with Gasteiger partial charge in [0.25, 0.3) is 0 Å². The Morgan fingerprint density at radius 3 is 3.00 bits per heavy atom. The van der Waals surface area contributed by atoms with Crippen molar-refractivity contribution in [1.29, 1.82) is 0 Å². The van der Waals surface area contributed by atoms with Crippen molar-refractivity contribution < 1.29 is 4.79 Å². The number of anilines is 1. The Balaban J connectivity index is 0.00000169. The Labute approximate surface area is 152 Å². The van der Waals surface area contributed by atoms with E-state index >= 15 is 0 Å². The van der Waals surface area contributed by atoms with E-state index in [1.165, 1.54) is 41.7 Å². The molecule has 2 aromatic rings. The van der Waals surface area contributed by atoms with Gasteiger partial charge >= 0.3 is 0 Å². The Morgan fingerprint density at radius 1 is 1.29 bits per heavy atom. The van der Waals surface area contributed by atoms with Gasteiger partial charge in [0.15, 0.2) is 5.13 Å². The van der Waals surface area contributed by atoms with Crippen LogP contribution in [0.1, 0.15) is 36.8 Å². The molecule has 1 aromatic carbocycles. The lowest BCUT2D eigenvalue weighted by molar-refractivity contribution is -0.116. The molecule has 0 spiro atoms. The molecule has 1 unspecified atom stereocenters. The smallest absolute Gasteiger partial charge is 0.227 e. The van der Waals surface area contributed by atoms with Crippen molar-refractivity contribution in [3.05, 3.63) is 34.7 Å². The number of nitrogens with zero attached hydrogens (tertiary/aromatic N) is 1. The van der Waals surface area contributed by atoms with Crippen LogP contribution < -0.4 is 10.6 Å². The van der Waals surface area contributed by atoms with Gasteiger partial charge in [-0.3, -0.25) is 4.79 Å². The summed E-state index contributed by atoms with van der Waals surface area (Å²) < 4.78 is 0. The maximum Gasteiger partial charge on any atom is 0.227 e. The lowest BCUT2D eigenvalue weighted by atomic mass is 10.1. The van der Waals surface area contributed by atoms with Crippen molar-refractivity contribution in [2.24, 2.45) is 0 Å². The van der Waals surface area contributed by atoms with E-state index in [2.05, 4.69) is 33.8 Å². The summed E-state index contributed by atoms with van der Waals surface area (Å²) in [7, 11) is 0. The molecule has 2 N–H and O–H groups in total. The summed E-state index contributed by atoms with van der Waals surface area (Å²) in [5, 5.41) is 9.02. The molecule has 1 aromatic heterocycles. The van der Waals surface area contributed by atoms with Gasteiger partial charge in [-0.1, -0.05) is 12.1 Å². The topological polar surface area (TPSA) is 54.0 Å². The quantitative estimate of drug-likeness (QED) is 0.868. The largest absolute Gasteiger partial charge is 0.313 e. The number of halogens is 1. The highest BCUT2D eigenvalue weighted by Gasteiger charge is 2.18. The average molecular weight is 364 g/mol. The van der Waals surface area contributed by atoms with E-state index in [-0.39, 0.29) is 18.3 Å². The number of amides is 1. The number of benzene rings is 1. The summed E-state index contributed by atoms with van der Waals surface area (Å²) in [4.78, 5) is 16.7. The van der Waals surface area contributed by atoms with Crippen molar-refractivity contribution in [2.45, 2.75) is 44.6 Å². The van der Waals surface area contributed by atoms with Crippen LogP contribution in [0, 0.1) is 0 Å². The number of carbonyl (C=O) groups excluding carboxylic acids is 1. The first-order chi connectivity index (χ1) is 11.3. The monoisotopic (exact) mass is 363 g/mol. The molecule has 1 amide bonds. The number of hydrogen-bond acceptors (Lipinski definition) is 4. The van der Waals surface area contributed by atoms with Crippen LogP contribution in [0.5, 0.6) is 0 Å². The maximum atomic E-state index is 12.1. The average Bonchev–Trinajstić information content (AvgIpc) is 3.27. The Kier molecular flexibility index (Phi) is 5.54. The van der Waals surface area contributed by atoms with E-state index in [9.17, 15) is 4.79 Å². The van der Waals surface area contributed by atoms with Crippen LogP contribution in [-0.4, -0.2) is 23.5 Å². The van der Waals surface area contributed by atoms with Crippen molar-refractivity contribution >= 4 is 34.8 Å². The van der Waals surface area contributed by atoms with Gasteiger partial charge in [0, 0.05) is 23.4 Å². The first-order valence-electron chi connectivity index (χ1n) is 8.39. The molecule has 1 aliphatic carbocycles. The number of thiazole rings is 1. The molecule has 2 aliphatic rings. The Hall–Kier alpha value is -1.43. The molecular formula is C18H22ClN3OS. The summed E-state index contributed by atoms with van der Waals surface area (Å²) in [5.74, 6) is 0.0549. The number of rotatable bonds is 4. The highest BCUT2D eigenvalue weighted by atomic mass is 35.5. The third-order valence-electron chi connectivity index (χ3n) is 4.74. The lowest BCUT2D eigenvalue weighted by Crippen LogP contribution is -2.27. The van der Waals surface area contributed by atoms with E-state index in [0.29, 0.717) is 17.6 Å². The van der Waals surface area contributed by atoms with Crippen LogP contribution in [0.2, 0.25) is 0 Å². The van der Waals surface area contributed by atoms with E-state index < -0.39 is 0 Å². The molecule has 1 saturated heterocycles. The molecule has 24 heavy (non-hydrogen) atoms. The van der Waals surface area contributed by atoms with Crippen LogP contribution >= 0.6 is 23.7 Å². The van der Waals surface area contributed by atoms with Gasteiger partial charge in [-0.25, -0.2) is 4.98 Å². The molecule has 1 aliphatic heterocycles. The summed E-state index contributed by atoms with van der Waals surface area (Å²) in [6.45, 7) is 1.03. The first kappa shape index (κ1) is 17.4. The number of aryl methyl sites for hydroxylation is 2. The summed E-state index contributed by atoms with van der Waals surface area (Å²) in [6.07, 6.45) is 6.41. The fourth-order valence-corrected chi connectivity index (χ4v) is 4.26. The molecule has 1 fully saturated rings. The zero-order valence-corrected chi connectivity index (χ0v) is 15.1. The fourth-order valence-electron chi connectivity index (χ4n) is 3.52. The zero-order chi connectivity index (χ0) is 15.6. The van der Waals surface area contributed by atoms with Gasteiger partial charge in [0.1, 0.15) is 0 Å². The second-order valence-electron chi connectivity index (χ2n) is 6.42. The molecular weight excluding hydrogens is 342 g/mol. The normalized spacial score (nSPS) is 18.9. The van der Waals surface area contributed by atoms with E-state index in [4.69, 9.17) is 0 Å². The predicted octanol–water partition coefficient (Wildman–Crippen LogP) is 3.80. The van der Waals surface area contributed by atoms with Crippen LogP contribution in [-0.2, 0) is 17.6 Å². The number of hydrogen-bond donors (Lipinski definition) is 2. The fraction of sp³-hybridized carbons (Fsp3) is 0.444. The number of nitrogens with one attached hydrogen (secondary N) is 2. The van der Waals surface area contributed by atoms with Crippen molar-refractivity contribution in [2.75, 3.05) is 11.9 Å². The van der Waals surface area contributed by atoms with Crippen LogP contribution in [0.25, 0.3) is 11.3 Å². The van der Waals surface area contributed by atoms with Crippen LogP contribution in [0.3, 0.4) is 0 Å². The van der Waals surface area contributed by atoms with Gasteiger partial charge in [0.05, 0.1) is 5.69 Å². The van der Waals surface area contributed by atoms with Crippen LogP contribution in [0.15, 0.2) is 23.6 Å². The van der Waals surface area contributed by atoms with Gasteiger partial charge in [-0.15, -0.1) is 23.7 Å². The molecule has 128 valence electrons. The van der Waals surface area contributed by atoms with Crippen molar-refractivity contribution in [3.8, 4) is 11.3 Å². The maximum absolute atomic E-state index is 12.1. The van der Waals surface area contributed by atoms with E-state index in [1.807, 2.05) is 5.38 Å². The zero-order valence-electron chi connectivity index (χ0n) is 13.5. The molecule has 6 heteroatoms. The third kappa shape index (κ3) is 3.79. The van der Waals surface area contributed by atoms with Gasteiger partial charge < -0.3 is 10.6 Å². The molecule has 0 bridgehead atoms.